The van der Waals surface area contributed by atoms with Crippen LogP contribution in [0, 0.1) is 11.7 Å². The lowest BCUT2D eigenvalue weighted by atomic mass is 10.1. The van der Waals surface area contributed by atoms with Gasteiger partial charge in [-0.2, -0.15) is 5.10 Å². The molecule has 0 fully saturated rings. The smallest absolute Gasteiger partial charge is 0.184 e. The van der Waals surface area contributed by atoms with Crippen LogP contribution in [-0.4, -0.2) is 15.2 Å². The van der Waals surface area contributed by atoms with Crippen LogP contribution in [-0.2, 0) is 0 Å². The quantitative estimate of drug-likeness (QED) is 0.856. The lowest BCUT2D eigenvalue weighted by molar-refractivity contribution is 0.492. The maximum atomic E-state index is 13.5. The van der Waals surface area contributed by atoms with Crippen molar-refractivity contribution in [3.63, 3.8) is 0 Å². The Labute approximate surface area is 99.1 Å². The lowest BCUT2D eigenvalue weighted by Crippen LogP contribution is -2.18. The minimum atomic E-state index is -0.337. The molecule has 0 aliphatic rings. The third-order valence-electron chi connectivity index (χ3n) is 2.65. The predicted octanol–water partition coefficient (Wildman–Crippen LogP) is 2.27. The SMILES string of the molecule is CC(C)C(N)c1nc(-c2ccccc2F)n[nH]1. The fourth-order valence-electron chi connectivity index (χ4n) is 1.50. The highest BCUT2D eigenvalue weighted by molar-refractivity contribution is 5.55. The molecule has 90 valence electrons. The van der Waals surface area contributed by atoms with E-state index in [0.29, 0.717) is 17.2 Å². The summed E-state index contributed by atoms with van der Waals surface area (Å²) in [6.07, 6.45) is 0. The van der Waals surface area contributed by atoms with Crippen molar-refractivity contribution in [3.05, 3.63) is 35.9 Å². The van der Waals surface area contributed by atoms with E-state index >= 15 is 0 Å². The zero-order valence-corrected chi connectivity index (χ0v) is 9.81. The fraction of sp³-hybridized carbons (Fsp3) is 0.333. The molecule has 17 heavy (non-hydrogen) atoms. The van der Waals surface area contributed by atoms with E-state index in [4.69, 9.17) is 5.73 Å². The van der Waals surface area contributed by atoms with Crippen molar-refractivity contribution in [2.75, 3.05) is 0 Å². The number of aromatic amines is 1. The van der Waals surface area contributed by atoms with Crippen molar-refractivity contribution in [1.29, 1.82) is 0 Å². The number of rotatable bonds is 3. The summed E-state index contributed by atoms with van der Waals surface area (Å²) < 4.78 is 13.5. The van der Waals surface area contributed by atoms with E-state index in [1.54, 1.807) is 18.2 Å². The van der Waals surface area contributed by atoms with Crippen molar-refractivity contribution >= 4 is 0 Å². The standard InChI is InChI=1S/C12H15FN4/c1-7(2)10(14)12-15-11(16-17-12)8-5-3-4-6-9(8)13/h3-7,10H,14H2,1-2H3,(H,15,16,17). The van der Waals surface area contributed by atoms with Gasteiger partial charge in [0.1, 0.15) is 11.6 Å². The molecule has 1 atom stereocenters. The zero-order chi connectivity index (χ0) is 12.4. The Bertz CT molecular complexity index is 507. The molecule has 1 unspecified atom stereocenters. The van der Waals surface area contributed by atoms with Gasteiger partial charge in [-0.3, -0.25) is 5.10 Å². The molecular weight excluding hydrogens is 219 g/mol. The van der Waals surface area contributed by atoms with Crippen molar-refractivity contribution < 1.29 is 4.39 Å². The van der Waals surface area contributed by atoms with E-state index in [-0.39, 0.29) is 17.8 Å². The Kier molecular flexibility index (Phi) is 3.19. The Morgan fingerprint density at radius 3 is 2.65 bits per heavy atom. The third kappa shape index (κ3) is 2.34. The number of benzene rings is 1. The second-order valence-corrected chi connectivity index (χ2v) is 4.29. The van der Waals surface area contributed by atoms with Crippen LogP contribution in [0.1, 0.15) is 25.7 Å². The summed E-state index contributed by atoms with van der Waals surface area (Å²) in [5.41, 5.74) is 6.32. The molecule has 0 aliphatic carbocycles. The van der Waals surface area contributed by atoms with Crippen LogP contribution in [0.4, 0.5) is 4.39 Å². The summed E-state index contributed by atoms with van der Waals surface area (Å²) in [5, 5.41) is 6.75. The van der Waals surface area contributed by atoms with Gasteiger partial charge in [-0.05, 0) is 18.1 Å². The van der Waals surface area contributed by atoms with E-state index in [9.17, 15) is 4.39 Å². The first kappa shape index (κ1) is 11.7. The van der Waals surface area contributed by atoms with Gasteiger partial charge >= 0.3 is 0 Å². The number of nitrogens with one attached hydrogen (secondary N) is 1. The van der Waals surface area contributed by atoms with Gasteiger partial charge in [-0.15, -0.1) is 0 Å². The molecule has 1 aromatic heterocycles. The van der Waals surface area contributed by atoms with Gasteiger partial charge in [0.05, 0.1) is 11.6 Å². The van der Waals surface area contributed by atoms with Gasteiger partial charge in [0.2, 0.25) is 0 Å². The van der Waals surface area contributed by atoms with Crippen LogP contribution < -0.4 is 5.73 Å². The summed E-state index contributed by atoms with van der Waals surface area (Å²) in [6, 6.07) is 6.18. The molecule has 0 aliphatic heterocycles. The normalized spacial score (nSPS) is 13.0. The Hall–Kier alpha value is -1.75. The molecule has 0 saturated carbocycles. The molecule has 3 N–H and O–H groups in total. The number of nitrogens with zero attached hydrogens (tertiary/aromatic N) is 2. The number of hydrogen-bond donors (Lipinski definition) is 2. The average Bonchev–Trinajstić information content (AvgIpc) is 2.77. The summed E-state index contributed by atoms with van der Waals surface area (Å²) in [5.74, 6) is 0.833. The zero-order valence-electron chi connectivity index (χ0n) is 9.81. The van der Waals surface area contributed by atoms with E-state index in [1.165, 1.54) is 6.07 Å². The lowest BCUT2D eigenvalue weighted by Gasteiger charge is -2.11. The van der Waals surface area contributed by atoms with Gasteiger partial charge in [0.25, 0.3) is 0 Å². The maximum absolute atomic E-state index is 13.5. The minimum absolute atomic E-state index is 0.219. The van der Waals surface area contributed by atoms with Crippen molar-refractivity contribution in [3.8, 4) is 11.4 Å². The molecule has 0 spiro atoms. The van der Waals surface area contributed by atoms with Gasteiger partial charge in [0, 0.05) is 0 Å². The van der Waals surface area contributed by atoms with Crippen LogP contribution >= 0.6 is 0 Å². The monoisotopic (exact) mass is 234 g/mol. The van der Waals surface area contributed by atoms with Crippen molar-refractivity contribution in [1.82, 2.24) is 15.2 Å². The largest absolute Gasteiger partial charge is 0.321 e. The minimum Gasteiger partial charge on any atom is -0.321 e. The highest BCUT2D eigenvalue weighted by Crippen LogP contribution is 2.21. The summed E-state index contributed by atoms with van der Waals surface area (Å²) in [4.78, 5) is 4.23. The Morgan fingerprint density at radius 1 is 1.29 bits per heavy atom. The average molecular weight is 234 g/mol. The maximum Gasteiger partial charge on any atom is 0.184 e. The fourth-order valence-corrected chi connectivity index (χ4v) is 1.50. The molecule has 1 heterocycles. The number of hydrogen-bond acceptors (Lipinski definition) is 3. The van der Waals surface area contributed by atoms with Crippen molar-refractivity contribution in [2.45, 2.75) is 19.9 Å². The molecule has 2 aromatic rings. The molecule has 0 saturated heterocycles. The van der Waals surface area contributed by atoms with Crippen LogP contribution in [0.3, 0.4) is 0 Å². The highest BCUT2D eigenvalue weighted by atomic mass is 19.1. The first-order chi connectivity index (χ1) is 8.09. The molecule has 1 aromatic carbocycles. The van der Waals surface area contributed by atoms with Gasteiger partial charge in [-0.25, -0.2) is 9.37 Å². The molecule has 0 bridgehead atoms. The number of aromatic nitrogens is 3. The molecule has 4 nitrogen and oxygen atoms in total. The molecular formula is C12H15FN4. The van der Waals surface area contributed by atoms with Gasteiger partial charge in [0.15, 0.2) is 5.82 Å². The molecule has 2 rings (SSSR count). The summed E-state index contributed by atoms with van der Waals surface area (Å²) in [6.45, 7) is 3.99. The van der Waals surface area contributed by atoms with Crippen LogP contribution in [0.5, 0.6) is 0 Å². The van der Waals surface area contributed by atoms with Crippen LogP contribution in [0.2, 0.25) is 0 Å². The van der Waals surface area contributed by atoms with Gasteiger partial charge in [-0.1, -0.05) is 26.0 Å². The second kappa shape index (κ2) is 4.63. The van der Waals surface area contributed by atoms with Crippen LogP contribution in [0.15, 0.2) is 24.3 Å². The van der Waals surface area contributed by atoms with Gasteiger partial charge < -0.3 is 5.73 Å². The van der Waals surface area contributed by atoms with E-state index < -0.39 is 0 Å². The topological polar surface area (TPSA) is 67.6 Å². The predicted molar refractivity (Wildman–Crippen MR) is 63.5 cm³/mol. The number of H-pyrrole nitrogens is 1. The summed E-state index contributed by atoms with van der Waals surface area (Å²) in [7, 11) is 0. The summed E-state index contributed by atoms with van der Waals surface area (Å²) >= 11 is 0. The van der Waals surface area contributed by atoms with E-state index in [0.717, 1.165) is 0 Å². The molecule has 0 radical (unpaired) electrons. The third-order valence-corrected chi connectivity index (χ3v) is 2.65. The highest BCUT2D eigenvalue weighted by Gasteiger charge is 2.16. The molecule has 0 amide bonds. The van der Waals surface area contributed by atoms with E-state index in [1.807, 2.05) is 13.8 Å². The molecule has 5 heteroatoms. The van der Waals surface area contributed by atoms with Crippen molar-refractivity contribution in [2.24, 2.45) is 11.7 Å². The van der Waals surface area contributed by atoms with E-state index in [2.05, 4.69) is 15.2 Å². The number of halogens is 1. The second-order valence-electron chi connectivity index (χ2n) is 4.29. The first-order valence-electron chi connectivity index (χ1n) is 5.52. The Balaban J connectivity index is 2.34. The Morgan fingerprint density at radius 2 is 2.00 bits per heavy atom. The number of nitrogens with two attached hydrogens (primary N) is 1. The first-order valence-corrected chi connectivity index (χ1v) is 5.52. The van der Waals surface area contributed by atoms with Crippen LogP contribution in [0.25, 0.3) is 11.4 Å².